The van der Waals surface area contributed by atoms with Crippen LogP contribution in [0.4, 0.5) is 0 Å². The van der Waals surface area contributed by atoms with Gasteiger partial charge in [-0.25, -0.2) is 5.01 Å². The fourth-order valence-electron chi connectivity index (χ4n) is 1.67. The van der Waals surface area contributed by atoms with Gasteiger partial charge in [-0.05, 0) is 25.3 Å². The fraction of sp³-hybridized carbons (Fsp3) is 1.00. The van der Waals surface area contributed by atoms with Crippen molar-refractivity contribution < 1.29 is 0 Å². The van der Waals surface area contributed by atoms with Crippen molar-refractivity contribution in [3.8, 4) is 0 Å². The molecule has 0 heterocycles. The molecule has 0 aromatic heterocycles. The van der Waals surface area contributed by atoms with Gasteiger partial charge >= 0.3 is 0 Å². The van der Waals surface area contributed by atoms with Gasteiger partial charge in [-0.3, -0.25) is 5.43 Å². The van der Waals surface area contributed by atoms with Crippen LogP contribution in [0.2, 0.25) is 0 Å². The zero-order valence-corrected chi connectivity index (χ0v) is 7.44. The molecule has 1 saturated carbocycles. The summed E-state index contributed by atoms with van der Waals surface area (Å²) in [5, 5.41) is 2.20. The van der Waals surface area contributed by atoms with E-state index in [4.69, 9.17) is 0 Å². The van der Waals surface area contributed by atoms with Gasteiger partial charge in [-0.15, -0.1) is 0 Å². The molecule has 0 aromatic rings. The SMILES string of the molecule is CNN(C)C1CC(C)(C)C1. The topological polar surface area (TPSA) is 15.3 Å². The summed E-state index contributed by atoms with van der Waals surface area (Å²) in [6.45, 7) is 4.65. The van der Waals surface area contributed by atoms with E-state index in [1.165, 1.54) is 12.8 Å². The van der Waals surface area contributed by atoms with Crippen LogP contribution in [-0.2, 0) is 0 Å². The molecule has 2 heteroatoms. The molecule has 1 rings (SSSR count). The minimum Gasteiger partial charge on any atom is -0.258 e. The second-order valence-corrected chi connectivity index (χ2v) is 4.06. The van der Waals surface area contributed by atoms with Gasteiger partial charge in [0.2, 0.25) is 0 Å². The molecule has 0 amide bonds. The van der Waals surface area contributed by atoms with Crippen LogP contribution in [0.1, 0.15) is 26.7 Å². The Kier molecular flexibility index (Phi) is 2.02. The van der Waals surface area contributed by atoms with Gasteiger partial charge < -0.3 is 0 Å². The van der Waals surface area contributed by atoms with E-state index in [0.29, 0.717) is 5.41 Å². The maximum Gasteiger partial charge on any atom is 0.0250 e. The second kappa shape index (κ2) is 2.51. The van der Waals surface area contributed by atoms with Crippen molar-refractivity contribution in [2.75, 3.05) is 14.1 Å². The number of hydrazine groups is 1. The predicted molar refractivity (Wildman–Crippen MR) is 43.6 cm³/mol. The van der Waals surface area contributed by atoms with Crippen molar-refractivity contribution in [1.29, 1.82) is 0 Å². The summed E-state index contributed by atoms with van der Waals surface area (Å²) in [5.41, 5.74) is 3.73. The van der Waals surface area contributed by atoms with E-state index in [1.54, 1.807) is 0 Å². The van der Waals surface area contributed by atoms with Gasteiger partial charge in [0.15, 0.2) is 0 Å². The molecular formula is C8H18N2. The van der Waals surface area contributed by atoms with Gasteiger partial charge in [0, 0.05) is 13.1 Å². The van der Waals surface area contributed by atoms with Crippen LogP contribution in [0.5, 0.6) is 0 Å². The summed E-state index contributed by atoms with van der Waals surface area (Å²) in [4.78, 5) is 0. The Hall–Kier alpha value is -0.0800. The molecule has 1 fully saturated rings. The van der Waals surface area contributed by atoms with Crippen LogP contribution in [0.25, 0.3) is 0 Å². The molecule has 1 aliphatic rings. The van der Waals surface area contributed by atoms with Gasteiger partial charge in [-0.2, -0.15) is 0 Å². The fourth-order valence-corrected chi connectivity index (χ4v) is 1.67. The largest absolute Gasteiger partial charge is 0.258 e. The summed E-state index contributed by atoms with van der Waals surface area (Å²) >= 11 is 0. The van der Waals surface area contributed by atoms with Crippen LogP contribution < -0.4 is 5.43 Å². The number of nitrogens with zero attached hydrogens (tertiary/aromatic N) is 1. The highest BCUT2D eigenvalue weighted by Gasteiger charge is 2.37. The highest BCUT2D eigenvalue weighted by atomic mass is 15.5. The van der Waals surface area contributed by atoms with E-state index >= 15 is 0 Å². The molecule has 0 atom stereocenters. The average Bonchev–Trinajstić information content (AvgIpc) is 1.81. The molecule has 0 bridgehead atoms. The van der Waals surface area contributed by atoms with Gasteiger partial charge in [0.1, 0.15) is 0 Å². The summed E-state index contributed by atoms with van der Waals surface area (Å²) in [7, 11) is 4.09. The van der Waals surface area contributed by atoms with Crippen LogP contribution >= 0.6 is 0 Å². The van der Waals surface area contributed by atoms with Crippen LogP contribution in [0, 0.1) is 5.41 Å². The lowest BCUT2D eigenvalue weighted by Gasteiger charge is -2.46. The molecular weight excluding hydrogens is 124 g/mol. The number of rotatable bonds is 2. The maximum absolute atomic E-state index is 3.14. The molecule has 0 radical (unpaired) electrons. The molecule has 1 aliphatic carbocycles. The molecule has 2 nitrogen and oxygen atoms in total. The van der Waals surface area contributed by atoms with Gasteiger partial charge in [0.25, 0.3) is 0 Å². The number of nitrogens with one attached hydrogen (secondary N) is 1. The summed E-state index contributed by atoms with van der Waals surface area (Å²) in [5.74, 6) is 0. The molecule has 60 valence electrons. The van der Waals surface area contributed by atoms with Gasteiger partial charge in [0.05, 0.1) is 0 Å². The van der Waals surface area contributed by atoms with Crippen molar-refractivity contribution >= 4 is 0 Å². The maximum atomic E-state index is 3.14. The van der Waals surface area contributed by atoms with Gasteiger partial charge in [-0.1, -0.05) is 13.8 Å². The van der Waals surface area contributed by atoms with Crippen molar-refractivity contribution in [2.24, 2.45) is 5.41 Å². The minimum absolute atomic E-state index is 0.593. The Morgan fingerprint density at radius 1 is 1.40 bits per heavy atom. The van der Waals surface area contributed by atoms with Crippen molar-refractivity contribution in [3.63, 3.8) is 0 Å². The Bertz CT molecular complexity index is 112. The Morgan fingerprint density at radius 3 is 2.20 bits per heavy atom. The van der Waals surface area contributed by atoms with E-state index in [-0.39, 0.29) is 0 Å². The highest BCUT2D eigenvalue weighted by Crippen LogP contribution is 2.41. The first-order valence-electron chi connectivity index (χ1n) is 3.95. The molecule has 0 saturated heterocycles. The first kappa shape index (κ1) is 8.02. The summed E-state index contributed by atoms with van der Waals surface area (Å²) in [6, 6.07) is 0.764. The number of hydrogen-bond donors (Lipinski definition) is 1. The zero-order chi connectivity index (χ0) is 7.78. The lowest BCUT2D eigenvalue weighted by molar-refractivity contribution is 0.0173. The molecule has 0 aromatic carbocycles. The quantitative estimate of drug-likeness (QED) is 0.584. The highest BCUT2D eigenvalue weighted by molar-refractivity contribution is 4.90. The molecule has 1 N–H and O–H groups in total. The third kappa shape index (κ3) is 1.50. The van der Waals surface area contributed by atoms with E-state index in [2.05, 4.69) is 31.3 Å². The Morgan fingerprint density at radius 2 is 1.90 bits per heavy atom. The monoisotopic (exact) mass is 142 g/mol. The third-order valence-corrected chi connectivity index (χ3v) is 2.48. The van der Waals surface area contributed by atoms with Crippen LogP contribution in [0.15, 0.2) is 0 Å². The molecule has 10 heavy (non-hydrogen) atoms. The standard InChI is InChI=1S/C8H18N2/c1-8(2)5-7(6-8)10(4)9-3/h7,9H,5-6H2,1-4H3. The van der Waals surface area contributed by atoms with Crippen LogP contribution in [0.3, 0.4) is 0 Å². The lowest BCUT2D eigenvalue weighted by atomic mass is 9.68. The molecule has 0 unspecified atom stereocenters. The normalized spacial score (nSPS) is 24.9. The second-order valence-electron chi connectivity index (χ2n) is 4.06. The lowest BCUT2D eigenvalue weighted by Crippen LogP contribution is -2.51. The van der Waals surface area contributed by atoms with E-state index in [9.17, 15) is 0 Å². The van der Waals surface area contributed by atoms with Crippen molar-refractivity contribution in [1.82, 2.24) is 10.4 Å². The molecule has 0 aliphatic heterocycles. The molecule has 0 spiro atoms. The van der Waals surface area contributed by atoms with Crippen molar-refractivity contribution in [2.45, 2.75) is 32.7 Å². The van der Waals surface area contributed by atoms with E-state index < -0.39 is 0 Å². The summed E-state index contributed by atoms with van der Waals surface area (Å²) < 4.78 is 0. The zero-order valence-electron chi connectivity index (χ0n) is 7.44. The average molecular weight is 142 g/mol. The van der Waals surface area contributed by atoms with E-state index in [1.807, 2.05) is 7.05 Å². The van der Waals surface area contributed by atoms with Crippen LogP contribution in [-0.4, -0.2) is 25.1 Å². The van der Waals surface area contributed by atoms with E-state index in [0.717, 1.165) is 6.04 Å². The summed E-state index contributed by atoms with van der Waals surface area (Å²) in [6.07, 6.45) is 2.65. The minimum atomic E-state index is 0.593. The first-order chi connectivity index (χ1) is 4.55. The van der Waals surface area contributed by atoms with Crippen molar-refractivity contribution in [3.05, 3.63) is 0 Å². The first-order valence-corrected chi connectivity index (χ1v) is 3.95. The number of hydrogen-bond acceptors (Lipinski definition) is 2. The third-order valence-electron chi connectivity index (χ3n) is 2.48. The Labute approximate surface area is 63.6 Å². The smallest absolute Gasteiger partial charge is 0.0250 e. The Balaban J connectivity index is 2.26. The predicted octanol–water partition coefficient (Wildman–Crippen LogP) is 1.24.